The van der Waals surface area contributed by atoms with Gasteiger partial charge in [-0.15, -0.1) is 0 Å². The first-order valence-corrected chi connectivity index (χ1v) is 8.97. The van der Waals surface area contributed by atoms with Crippen molar-refractivity contribution in [2.75, 3.05) is 10.6 Å². The molecule has 0 radical (unpaired) electrons. The lowest BCUT2D eigenvalue weighted by molar-refractivity contribution is 0.101. The second-order valence-corrected chi connectivity index (χ2v) is 6.16. The van der Waals surface area contributed by atoms with E-state index in [-0.39, 0.29) is 17.2 Å². The van der Waals surface area contributed by atoms with Crippen molar-refractivity contribution in [2.45, 2.75) is 26.3 Å². The largest absolute Gasteiger partial charge is 0.356 e. The highest BCUT2D eigenvalue weighted by atomic mass is 16.2. The van der Waals surface area contributed by atoms with Crippen LogP contribution >= 0.6 is 0 Å². The summed E-state index contributed by atoms with van der Waals surface area (Å²) in [6.45, 7) is 2.55. The van der Waals surface area contributed by atoms with Gasteiger partial charge in [-0.3, -0.25) is 9.59 Å². The Kier molecular flexibility index (Phi) is 5.99. The predicted molar refractivity (Wildman–Crippen MR) is 108 cm³/mol. The molecule has 0 bridgehead atoms. The van der Waals surface area contributed by atoms with Gasteiger partial charge in [0.25, 0.3) is 11.5 Å². The normalized spacial score (nSPS) is 10.4. The van der Waals surface area contributed by atoms with E-state index in [0.29, 0.717) is 12.2 Å². The molecule has 2 N–H and O–H groups in total. The number of benzene rings is 2. The highest BCUT2D eigenvalue weighted by Crippen LogP contribution is 2.18. The minimum atomic E-state index is -0.344. The van der Waals surface area contributed by atoms with Gasteiger partial charge in [0.1, 0.15) is 5.69 Å². The fraction of sp³-hybridized carbons (Fsp3) is 0.190. The molecular weight excluding hydrogens is 340 g/mol. The Balaban J connectivity index is 1.66. The first kappa shape index (κ1) is 18.4. The zero-order valence-corrected chi connectivity index (χ0v) is 15.2. The van der Waals surface area contributed by atoms with E-state index >= 15 is 0 Å². The first-order valence-electron chi connectivity index (χ1n) is 8.97. The molecule has 0 aliphatic carbocycles. The van der Waals surface area contributed by atoms with Crippen LogP contribution in [0.3, 0.4) is 0 Å². The van der Waals surface area contributed by atoms with Gasteiger partial charge in [-0.05, 0) is 48.9 Å². The Hall–Kier alpha value is -3.41. The molecule has 6 nitrogen and oxygen atoms in total. The molecule has 0 atom stereocenters. The summed E-state index contributed by atoms with van der Waals surface area (Å²) in [5.41, 5.74) is 2.60. The van der Waals surface area contributed by atoms with Crippen LogP contribution in [-0.4, -0.2) is 15.7 Å². The molecule has 0 saturated carbocycles. The van der Waals surface area contributed by atoms with Crippen LogP contribution in [0.5, 0.6) is 0 Å². The van der Waals surface area contributed by atoms with Gasteiger partial charge in [-0.1, -0.05) is 31.5 Å². The van der Waals surface area contributed by atoms with Crippen molar-refractivity contribution in [3.63, 3.8) is 0 Å². The molecule has 0 unspecified atom stereocenters. The van der Waals surface area contributed by atoms with Crippen LogP contribution in [0.15, 0.2) is 71.5 Å². The number of hydrogen-bond donors (Lipinski definition) is 2. The fourth-order valence-corrected chi connectivity index (χ4v) is 2.56. The number of amides is 1. The minimum Gasteiger partial charge on any atom is -0.356 e. The number of aromatic nitrogens is 2. The van der Waals surface area contributed by atoms with E-state index in [2.05, 4.69) is 15.7 Å². The molecule has 3 rings (SSSR count). The number of aryl methyl sites for hydroxylation is 1. The summed E-state index contributed by atoms with van der Waals surface area (Å²) < 4.78 is 1.34. The second-order valence-electron chi connectivity index (χ2n) is 6.16. The zero-order valence-electron chi connectivity index (χ0n) is 15.2. The van der Waals surface area contributed by atoms with Gasteiger partial charge in [0, 0.05) is 29.7 Å². The fourth-order valence-electron chi connectivity index (χ4n) is 2.56. The van der Waals surface area contributed by atoms with Gasteiger partial charge in [0.2, 0.25) is 0 Å². The quantitative estimate of drug-likeness (QED) is 0.665. The van der Waals surface area contributed by atoms with Gasteiger partial charge in [0.15, 0.2) is 0 Å². The topological polar surface area (TPSA) is 76.0 Å². The second kappa shape index (κ2) is 8.80. The summed E-state index contributed by atoms with van der Waals surface area (Å²) in [6.07, 6.45) is 1.79. The Labute approximate surface area is 157 Å². The Morgan fingerprint density at radius 1 is 0.926 bits per heavy atom. The lowest BCUT2D eigenvalue weighted by Crippen LogP contribution is -2.26. The molecule has 138 valence electrons. The molecule has 1 heterocycles. The van der Waals surface area contributed by atoms with Gasteiger partial charge < -0.3 is 10.6 Å². The summed E-state index contributed by atoms with van der Waals surface area (Å²) in [4.78, 5) is 24.2. The van der Waals surface area contributed by atoms with E-state index in [4.69, 9.17) is 0 Å². The molecule has 3 aromatic rings. The molecule has 6 heteroatoms. The Morgan fingerprint density at radius 2 is 1.59 bits per heavy atom. The maximum atomic E-state index is 12.4. The molecular formula is C21H22N4O2. The van der Waals surface area contributed by atoms with Crippen molar-refractivity contribution in [3.8, 4) is 0 Å². The average molecular weight is 362 g/mol. The smallest absolute Gasteiger partial charge is 0.276 e. The lowest BCUT2D eigenvalue weighted by atomic mass is 10.2. The molecule has 1 amide bonds. The van der Waals surface area contributed by atoms with E-state index in [1.54, 1.807) is 0 Å². The van der Waals surface area contributed by atoms with Gasteiger partial charge in [-0.2, -0.15) is 5.10 Å². The maximum absolute atomic E-state index is 12.4. The molecule has 0 spiro atoms. The summed E-state index contributed by atoms with van der Waals surface area (Å²) in [7, 11) is 0. The minimum absolute atomic E-state index is 0.198. The summed E-state index contributed by atoms with van der Waals surface area (Å²) in [5.74, 6) is -0.344. The van der Waals surface area contributed by atoms with E-state index in [0.717, 1.165) is 24.2 Å². The molecule has 0 fully saturated rings. The van der Waals surface area contributed by atoms with Crippen molar-refractivity contribution in [1.82, 2.24) is 9.78 Å². The van der Waals surface area contributed by atoms with Gasteiger partial charge in [-0.25, -0.2) is 4.68 Å². The number of para-hydroxylation sites is 1. The molecule has 0 saturated heterocycles. The van der Waals surface area contributed by atoms with Gasteiger partial charge >= 0.3 is 0 Å². The molecule has 0 aliphatic heterocycles. The number of anilines is 3. The lowest BCUT2D eigenvalue weighted by Gasteiger charge is -2.09. The van der Waals surface area contributed by atoms with Crippen LogP contribution in [0.1, 0.15) is 30.3 Å². The molecule has 27 heavy (non-hydrogen) atoms. The van der Waals surface area contributed by atoms with Gasteiger partial charge in [0.05, 0.1) is 0 Å². The molecule has 2 aromatic carbocycles. The van der Waals surface area contributed by atoms with Crippen molar-refractivity contribution in [2.24, 2.45) is 0 Å². The molecule has 0 aliphatic rings. The number of unbranched alkanes of at least 4 members (excludes halogenated alkanes) is 1. The highest BCUT2D eigenvalue weighted by molar-refractivity contribution is 6.02. The van der Waals surface area contributed by atoms with E-state index in [1.165, 1.54) is 16.8 Å². The van der Waals surface area contributed by atoms with Crippen molar-refractivity contribution < 1.29 is 4.79 Å². The molecule has 1 aromatic heterocycles. The van der Waals surface area contributed by atoms with Crippen molar-refractivity contribution in [3.05, 3.63) is 82.8 Å². The summed E-state index contributed by atoms with van der Waals surface area (Å²) in [5, 5.41) is 10.3. The standard InChI is InChI=1S/C21H22N4O2/c1-2-3-15-25-20(26)14-13-19(24-25)21(27)23-18-11-9-17(10-12-18)22-16-7-5-4-6-8-16/h4-14,22H,2-3,15H2,1H3,(H,23,27). The SMILES string of the molecule is CCCCn1nc(C(=O)Nc2ccc(Nc3ccccc3)cc2)ccc1=O. The van der Waals surface area contributed by atoms with E-state index in [9.17, 15) is 9.59 Å². The number of nitrogens with zero attached hydrogens (tertiary/aromatic N) is 2. The number of hydrogen-bond acceptors (Lipinski definition) is 4. The summed E-state index contributed by atoms with van der Waals surface area (Å²) >= 11 is 0. The Bertz CT molecular complexity index is 950. The predicted octanol–water partition coefficient (Wildman–Crippen LogP) is 4.04. The monoisotopic (exact) mass is 362 g/mol. The third kappa shape index (κ3) is 5.04. The summed E-state index contributed by atoms with van der Waals surface area (Å²) in [6, 6.07) is 20.1. The zero-order chi connectivity index (χ0) is 19.1. The van der Waals surface area contributed by atoms with Crippen LogP contribution in [0, 0.1) is 0 Å². The average Bonchev–Trinajstić information content (AvgIpc) is 2.69. The van der Waals surface area contributed by atoms with Crippen LogP contribution in [0.4, 0.5) is 17.1 Å². The number of rotatable bonds is 7. The van der Waals surface area contributed by atoms with E-state index < -0.39 is 0 Å². The first-order chi connectivity index (χ1) is 13.2. The van der Waals surface area contributed by atoms with Crippen molar-refractivity contribution in [1.29, 1.82) is 0 Å². The van der Waals surface area contributed by atoms with Crippen LogP contribution in [-0.2, 0) is 6.54 Å². The van der Waals surface area contributed by atoms with Crippen LogP contribution in [0.25, 0.3) is 0 Å². The number of nitrogens with one attached hydrogen (secondary N) is 2. The third-order valence-corrected chi connectivity index (χ3v) is 4.03. The third-order valence-electron chi connectivity index (χ3n) is 4.03. The Morgan fingerprint density at radius 3 is 2.30 bits per heavy atom. The maximum Gasteiger partial charge on any atom is 0.276 e. The van der Waals surface area contributed by atoms with E-state index in [1.807, 2.05) is 61.5 Å². The number of carbonyl (C=O) groups is 1. The van der Waals surface area contributed by atoms with Crippen LogP contribution in [0.2, 0.25) is 0 Å². The van der Waals surface area contributed by atoms with Crippen LogP contribution < -0.4 is 16.2 Å². The highest BCUT2D eigenvalue weighted by Gasteiger charge is 2.10. The van der Waals surface area contributed by atoms with Crippen molar-refractivity contribution >= 4 is 23.0 Å². The number of carbonyl (C=O) groups excluding carboxylic acids is 1.